The van der Waals surface area contributed by atoms with Gasteiger partial charge in [-0.2, -0.15) is 0 Å². The number of allylic oxidation sites excluding steroid dienone is 2. The van der Waals surface area contributed by atoms with Crippen LogP contribution in [0.15, 0.2) is 60.7 Å². The number of ether oxygens (including phenoxy) is 2. The fourth-order valence-corrected chi connectivity index (χ4v) is 4.73. The van der Waals surface area contributed by atoms with Crippen molar-refractivity contribution in [3.05, 3.63) is 88.5 Å². The summed E-state index contributed by atoms with van der Waals surface area (Å²) in [4.78, 5) is 0. The molecule has 3 aromatic rings. The first-order valence-corrected chi connectivity index (χ1v) is 9.57. The van der Waals surface area contributed by atoms with E-state index < -0.39 is 0 Å². The maximum absolute atomic E-state index is 9.79. The van der Waals surface area contributed by atoms with Gasteiger partial charge in [0.15, 0.2) is 11.5 Å². The highest BCUT2D eigenvalue weighted by Gasteiger charge is 2.37. The summed E-state index contributed by atoms with van der Waals surface area (Å²) in [7, 11) is 3.36. The van der Waals surface area contributed by atoms with Gasteiger partial charge >= 0.3 is 0 Å². The second-order valence-electron chi connectivity index (χ2n) is 7.37. The number of fused-ring (bicyclic) bond motifs is 4. The Kier molecular flexibility index (Phi) is 3.90. The first kappa shape index (κ1) is 16.9. The molecule has 2 aliphatic rings. The summed E-state index contributed by atoms with van der Waals surface area (Å²) in [6.07, 6.45) is 2.06. The van der Waals surface area contributed by atoms with E-state index in [-0.39, 0.29) is 11.7 Å². The molecule has 2 aliphatic carbocycles. The van der Waals surface area contributed by atoms with Crippen molar-refractivity contribution in [2.75, 3.05) is 14.2 Å². The predicted octanol–water partition coefficient (Wildman–Crippen LogP) is 5.41. The van der Waals surface area contributed by atoms with Crippen LogP contribution in [0.1, 0.15) is 40.2 Å². The molecule has 140 valence electrons. The molecule has 0 spiro atoms. The Bertz CT molecular complexity index is 1090. The molecule has 1 atom stereocenters. The molecule has 0 amide bonds. The molecular weight excluding hydrogens is 348 g/mol. The summed E-state index contributed by atoms with van der Waals surface area (Å²) in [6.45, 7) is 0. The summed E-state index contributed by atoms with van der Waals surface area (Å²) < 4.78 is 11.2. The van der Waals surface area contributed by atoms with E-state index in [9.17, 15) is 5.11 Å². The molecular formula is C25H22O3. The summed E-state index contributed by atoms with van der Waals surface area (Å²) in [6, 6.07) is 20.5. The van der Waals surface area contributed by atoms with Crippen molar-refractivity contribution < 1.29 is 14.6 Å². The van der Waals surface area contributed by atoms with Crippen molar-refractivity contribution in [3.8, 4) is 17.2 Å². The Balaban J connectivity index is 1.79. The first-order valence-electron chi connectivity index (χ1n) is 9.57. The lowest BCUT2D eigenvalue weighted by molar-refractivity contribution is 0.354. The number of aryl methyl sites for hydroxylation is 1. The third kappa shape index (κ3) is 2.43. The second kappa shape index (κ2) is 6.45. The third-order valence-corrected chi connectivity index (χ3v) is 5.98. The number of aromatic hydroxyl groups is 1. The highest BCUT2D eigenvalue weighted by Crippen LogP contribution is 2.56. The number of phenolic OH excluding ortho intramolecular Hbond substituents is 1. The molecule has 1 N–H and O–H groups in total. The van der Waals surface area contributed by atoms with E-state index in [1.165, 1.54) is 39.0 Å². The molecule has 3 aromatic carbocycles. The van der Waals surface area contributed by atoms with E-state index in [0.29, 0.717) is 0 Å². The minimum absolute atomic E-state index is 0.117. The average molecular weight is 370 g/mol. The van der Waals surface area contributed by atoms with Crippen molar-refractivity contribution in [2.24, 2.45) is 0 Å². The zero-order chi connectivity index (χ0) is 19.3. The summed E-state index contributed by atoms with van der Waals surface area (Å²) >= 11 is 0. The van der Waals surface area contributed by atoms with Gasteiger partial charge in [0.1, 0.15) is 5.75 Å². The van der Waals surface area contributed by atoms with Gasteiger partial charge in [0, 0.05) is 5.92 Å². The standard InChI is InChI=1S/C25H22O3/c1-27-22-13-20-19-12-9-15-5-3-4-6-18(15)25(19)24(21(20)14-23(22)28-2)16-7-10-17(26)11-8-16/h3-8,10-11,13-14,24,26H,9,12H2,1-2H3. The molecule has 0 aliphatic heterocycles. The maximum atomic E-state index is 9.79. The van der Waals surface area contributed by atoms with Crippen LogP contribution in [0.3, 0.4) is 0 Å². The lowest BCUT2D eigenvalue weighted by atomic mass is 9.80. The van der Waals surface area contributed by atoms with Gasteiger partial charge in [-0.1, -0.05) is 36.4 Å². The molecule has 1 unspecified atom stereocenters. The monoisotopic (exact) mass is 370 g/mol. The Morgan fingerprint density at radius 3 is 2.29 bits per heavy atom. The van der Waals surface area contributed by atoms with Crippen LogP contribution < -0.4 is 9.47 Å². The van der Waals surface area contributed by atoms with Crippen LogP contribution in [0.4, 0.5) is 0 Å². The van der Waals surface area contributed by atoms with Crippen LogP contribution >= 0.6 is 0 Å². The second-order valence-corrected chi connectivity index (χ2v) is 7.37. The Labute approximate surface area is 164 Å². The number of rotatable bonds is 3. The molecule has 0 bridgehead atoms. The number of benzene rings is 3. The van der Waals surface area contributed by atoms with Crippen LogP contribution in [0.25, 0.3) is 11.1 Å². The zero-order valence-electron chi connectivity index (χ0n) is 16.0. The minimum atomic E-state index is 0.117. The lowest BCUT2D eigenvalue weighted by Crippen LogP contribution is -2.06. The van der Waals surface area contributed by atoms with Crippen LogP contribution in [0.2, 0.25) is 0 Å². The molecule has 0 aromatic heterocycles. The molecule has 0 saturated heterocycles. The topological polar surface area (TPSA) is 38.7 Å². The van der Waals surface area contributed by atoms with Gasteiger partial charge < -0.3 is 14.6 Å². The Hall–Kier alpha value is -3.20. The SMILES string of the molecule is COc1cc2c(cc1OC)C(c1ccc(O)cc1)C1=C2CCc2ccccc21. The van der Waals surface area contributed by atoms with Gasteiger partial charge in [-0.3, -0.25) is 0 Å². The normalized spacial score (nSPS) is 17.0. The van der Waals surface area contributed by atoms with Crippen molar-refractivity contribution in [1.29, 1.82) is 0 Å². The van der Waals surface area contributed by atoms with Crippen molar-refractivity contribution in [1.82, 2.24) is 0 Å². The predicted molar refractivity (Wildman–Crippen MR) is 111 cm³/mol. The molecule has 0 fully saturated rings. The van der Waals surface area contributed by atoms with Gasteiger partial charge in [0.25, 0.3) is 0 Å². The highest BCUT2D eigenvalue weighted by molar-refractivity contribution is 6.03. The highest BCUT2D eigenvalue weighted by atomic mass is 16.5. The smallest absolute Gasteiger partial charge is 0.161 e. The van der Waals surface area contributed by atoms with E-state index in [2.05, 4.69) is 36.4 Å². The van der Waals surface area contributed by atoms with E-state index in [1.807, 2.05) is 12.1 Å². The summed E-state index contributed by atoms with van der Waals surface area (Å²) in [5, 5.41) is 9.79. The molecule has 5 rings (SSSR count). The van der Waals surface area contributed by atoms with E-state index >= 15 is 0 Å². The molecule has 0 heterocycles. The largest absolute Gasteiger partial charge is 0.508 e. The molecule has 28 heavy (non-hydrogen) atoms. The summed E-state index contributed by atoms with van der Waals surface area (Å²) in [5.41, 5.74) is 9.16. The van der Waals surface area contributed by atoms with Crippen LogP contribution in [-0.4, -0.2) is 19.3 Å². The van der Waals surface area contributed by atoms with E-state index in [0.717, 1.165) is 24.3 Å². The van der Waals surface area contributed by atoms with Gasteiger partial charge in [0.05, 0.1) is 14.2 Å². The van der Waals surface area contributed by atoms with Crippen LogP contribution in [0.5, 0.6) is 17.2 Å². The fraction of sp³-hybridized carbons (Fsp3) is 0.200. The molecule has 3 heteroatoms. The van der Waals surface area contributed by atoms with Crippen LogP contribution in [-0.2, 0) is 6.42 Å². The van der Waals surface area contributed by atoms with Crippen molar-refractivity contribution >= 4 is 11.1 Å². The van der Waals surface area contributed by atoms with E-state index in [1.54, 1.807) is 26.4 Å². The maximum Gasteiger partial charge on any atom is 0.161 e. The Morgan fingerprint density at radius 1 is 0.821 bits per heavy atom. The van der Waals surface area contributed by atoms with Gasteiger partial charge in [-0.05, 0) is 76.1 Å². The zero-order valence-corrected chi connectivity index (χ0v) is 16.0. The van der Waals surface area contributed by atoms with Gasteiger partial charge in [0.2, 0.25) is 0 Å². The Morgan fingerprint density at radius 2 is 1.54 bits per heavy atom. The van der Waals surface area contributed by atoms with Gasteiger partial charge in [-0.25, -0.2) is 0 Å². The summed E-state index contributed by atoms with van der Waals surface area (Å²) in [5.74, 6) is 1.91. The lowest BCUT2D eigenvalue weighted by Gasteiger charge is -2.24. The third-order valence-electron chi connectivity index (χ3n) is 5.98. The number of methoxy groups -OCH3 is 2. The van der Waals surface area contributed by atoms with Gasteiger partial charge in [-0.15, -0.1) is 0 Å². The number of phenols is 1. The average Bonchev–Trinajstić information content (AvgIpc) is 3.07. The first-order chi connectivity index (χ1) is 13.7. The number of hydrogen-bond acceptors (Lipinski definition) is 3. The number of hydrogen-bond donors (Lipinski definition) is 1. The minimum Gasteiger partial charge on any atom is -0.508 e. The van der Waals surface area contributed by atoms with Crippen molar-refractivity contribution in [3.63, 3.8) is 0 Å². The quantitative estimate of drug-likeness (QED) is 0.670. The molecule has 0 saturated carbocycles. The molecule has 0 radical (unpaired) electrons. The molecule has 3 nitrogen and oxygen atoms in total. The van der Waals surface area contributed by atoms with Crippen LogP contribution in [0, 0.1) is 0 Å². The van der Waals surface area contributed by atoms with E-state index in [4.69, 9.17) is 9.47 Å². The van der Waals surface area contributed by atoms with Crippen molar-refractivity contribution in [2.45, 2.75) is 18.8 Å². The fourth-order valence-electron chi connectivity index (χ4n) is 4.73.